The van der Waals surface area contributed by atoms with Crippen molar-refractivity contribution in [2.45, 2.75) is 31.3 Å². The molecule has 0 unspecified atom stereocenters. The molecule has 6 nitrogen and oxygen atoms in total. The summed E-state index contributed by atoms with van der Waals surface area (Å²) < 4.78 is 12.8. The fourth-order valence-electron chi connectivity index (χ4n) is 2.38. The van der Waals surface area contributed by atoms with Crippen molar-refractivity contribution in [3.63, 3.8) is 0 Å². The van der Waals surface area contributed by atoms with Crippen molar-refractivity contribution in [3.8, 4) is 5.75 Å². The molecular weight excluding hydrogens is 312 g/mol. The quantitative estimate of drug-likeness (QED) is 0.647. The lowest BCUT2D eigenvalue weighted by Gasteiger charge is -2.12. The number of thioether (sulfide) groups is 1. The lowest BCUT2D eigenvalue weighted by Crippen LogP contribution is -2.01. The van der Waals surface area contributed by atoms with E-state index in [1.165, 1.54) is 0 Å². The fraction of sp³-hybridized carbons (Fsp3) is 0.312. The van der Waals surface area contributed by atoms with Gasteiger partial charge in [-0.05, 0) is 26.0 Å². The van der Waals surface area contributed by atoms with Gasteiger partial charge in [-0.3, -0.25) is 4.98 Å². The molecule has 0 N–H and O–H groups in total. The van der Waals surface area contributed by atoms with Crippen molar-refractivity contribution in [2.24, 2.45) is 0 Å². The Morgan fingerprint density at radius 3 is 2.96 bits per heavy atom. The van der Waals surface area contributed by atoms with Crippen molar-refractivity contribution in [3.05, 3.63) is 53.5 Å². The molecule has 0 atom stereocenters. The third kappa shape index (κ3) is 3.39. The van der Waals surface area contributed by atoms with Crippen LogP contribution in [0.5, 0.6) is 5.75 Å². The van der Waals surface area contributed by atoms with Gasteiger partial charge in [0.25, 0.3) is 0 Å². The van der Waals surface area contributed by atoms with Crippen LogP contribution < -0.4 is 4.74 Å². The average Bonchev–Trinajstić information content (AvgIpc) is 3.20. The highest BCUT2D eigenvalue weighted by atomic mass is 32.2. The number of furan rings is 1. The summed E-state index contributed by atoms with van der Waals surface area (Å²) in [5.74, 6) is 2.48. The number of pyridine rings is 1. The number of rotatable bonds is 6. The SMILES string of the molecule is COc1c(C)cnc(CSc2nncn2Cc2ccco2)c1C. The first-order valence-corrected chi connectivity index (χ1v) is 8.19. The zero-order valence-corrected chi connectivity index (χ0v) is 14.1. The predicted molar refractivity (Wildman–Crippen MR) is 87.7 cm³/mol. The van der Waals surface area contributed by atoms with Crippen molar-refractivity contribution in [2.75, 3.05) is 7.11 Å². The molecule has 7 heteroatoms. The topological polar surface area (TPSA) is 66.0 Å². The molecule has 0 aliphatic heterocycles. The van der Waals surface area contributed by atoms with Crippen LogP contribution in [-0.2, 0) is 12.3 Å². The molecule has 120 valence electrons. The van der Waals surface area contributed by atoms with Crippen LogP contribution in [0.1, 0.15) is 22.6 Å². The van der Waals surface area contributed by atoms with Gasteiger partial charge < -0.3 is 13.7 Å². The summed E-state index contributed by atoms with van der Waals surface area (Å²) in [5, 5.41) is 9.00. The lowest BCUT2D eigenvalue weighted by atomic mass is 10.1. The van der Waals surface area contributed by atoms with E-state index in [9.17, 15) is 0 Å². The van der Waals surface area contributed by atoms with Crippen molar-refractivity contribution in [1.29, 1.82) is 0 Å². The van der Waals surface area contributed by atoms with E-state index < -0.39 is 0 Å². The molecule has 3 aromatic heterocycles. The highest BCUT2D eigenvalue weighted by Gasteiger charge is 2.12. The van der Waals surface area contributed by atoms with Crippen LogP contribution in [0, 0.1) is 13.8 Å². The van der Waals surface area contributed by atoms with Crippen LogP contribution in [0.2, 0.25) is 0 Å². The van der Waals surface area contributed by atoms with Gasteiger partial charge in [0.1, 0.15) is 17.8 Å². The molecule has 3 aromatic rings. The number of ether oxygens (including phenoxy) is 1. The Labute approximate surface area is 138 Å². The largest absolute Gasteiger partial charge is 0.496 e. The number of methoxy groups -OCH3 is 1. The summed E-state index contributed by atoms with van der Waals surface area (Å²) >= 11 is 1.60. The summed E-state index contributed by atoms with van der Waals surface area (Å²) in [6, 6.07) is 3.81. The molecule has 0 saturated carbocycles. The Kier molecular flexibility index (Phi) is 4.66. The second-order valence-electron chi connectivity index (χ2n) is 5.16. The van der Waals surface area contributed by atoms with E-state index in [1.54, 1.807) is 31.5 Å². The third-order valence-corrected chi connectivity index (χ3v) is 4.57. The molecule has 0 aromatic carbocycles. The van der Waals surface area contributed by atoms with Gasteiger partial charge in [-0.1, -0.05) is 11.8 Å². The van der Waals surface area contributed by atoms with E-state index in [2.05, 4.69) is 15.2 Å². The van der Waals surface area contributed by atoms with E-state index in [0.717, 1.165) is 33.5 Å². The number of aromatic nitrogens is 4. The monoisotopic (exact) mass is 330 g/mol. The zero-order valence-electron chi connectivity index (χ0n) is 13.3. The second kappa shape index (κ2) is 6.87. The minimum atomic E-state index is 0.617. The highest BCUT2D eigenvalue weighted by molar-refractivity contribution is 7.98. The van der Waals surface area contributed by atoms with E-state index in [4.69, 9.17) is 9.15 Å². The molecule has 0 fully saturated rings. The van der Waals surface area contributed by atoms with Gasteiger partial charge in [0.15, 0.2) is 5.16 Å². The maximum Gasteiger partial charge on any atom is 0.191 e. The first-order valence-electron chi connectivity index (χ1n) is 7.21. The van der Waals surface area contributed by atoms with E-state index in [-0.39, 0.29) is 0 Å². The van der Waals surface area contributed by atoms with Crippen LogP contribution in [0.15, 0.2) is 40.5 Å². The van der Waals surface area contributed by atoms with Gasteiger partial charge in [-0.2, -0.15) is 0 Å². The Morgan fingerprint density at radius 1 is 1.35 bits per heavy atom. The van der Waals surface area contributed by atoms with Crippen molar-refractivity contribution in [1.82, 2.24) is 19.7 Å². The Hall–Kier alpha value is -2.28. The summed E-state index contributed by atoms with van der Waals surface area (Å²) in [7, 11) is 1.69. The third-order valence-electron chi connectivity index (χ3n) is 3.57. The van der Waals surface area contributed by atoms with Crippen LogP contribution >= 0.6 is 11.8 Å². The average molecular weight is 330 g/mol. The normalized spacial score (nSPS) is 10.9. The molecule has 3 rings (SSSR count). The molecule has 23 heavy (non-hydrogen) atoms. The van der Waals surface area contributed by atoms with Gasteiger partial charge in [0.2, 0.25) is 0 Å². The maximum absolute atomic E-state index is 5.45. The predicted octanol–water partition coefficient (Wildman–Crippen LogP) is 3.23. The molecule has 0 saturated heterocycles. The van der Waals surface area contributed by atoms with Gasteiger partial charge in [-0.25, -0.2) is 0 Å². The molecule has 0 radical (unpaired) electrons. The molecule has 0 aliphatic carbocycles. The molecular formula is C16H18N4O2S. The first kappa shape index (κ1) is 15.6. The number of hydrogen-bond donors (Lipinski definition) is 0. The van der Waals surface area contributed by atoms with E-state index >= 15 is 0 Å². The van der Waals surface area contributed by atoms with Crippen molar-refractivity contribution >= 4 is 11.8 Å². The highest BCUT2D eigenvalue weighted by Crippen LogP contribution is 2.28. The van der Waals surface area contributed by atoms with Crippen molar-refractivity contribution < 1.29 is 9.15 Å². The zero-order chi connectivity index (χ0) is 16.2. The van der Waals surface area contributed by atoms with E-state index in [1.807, 2.05) is 36.7 Å². The second-order valence-corrected chi connectivity index (χ2v) is 6.10. The first-order chi connectivity index (χ1) is 11.2. The molecule has 3 heterocycles. The summed E-state index contributed by atoms with van der Waals surface area (Å²) in [4.78, 5) is 4.51. The molecule has 0 bridgehead atoms. The summed E-state index contributed by atoms with van der Waals surface area (Å²) in [6.45, 7) is 4.64. The maximum atomic E-state index is 5.45. The minimum Gasteiger partial charge on any atom is -0.496 e. The number of nitrogens with zero attached hydrogens (tertiary/aromatic N) is 4. The Bertz CT molecular complexity index is 783. The standard InChI is InChI=1S/C16H18N4O2S/c1-11-7-17-14(12(2)15(11)21-3)9-23-16-19-18-10-20(16)8-13-5-4-6-22-13/h4-7,10H,8-9H2,1-3H3. The van der Waals surface area contributed by atoms with Gasteiger partial charge in [0.05, 0.1) is 25.6 Å². The summed E-state index contributed by atoms with van der Waals surface area (Å²) in [6.07, 6.45) is 5.22. The van der Waals surface area contributed by atoms with Gasteiger partial charge >= 0.3 is 0 Å². The molecule has 0 spiro atoms. The van der Waals surface area contributed by atoms with Gasteiger partial charge in [-0.15, -0.1) is 10.2 Å². The minimum absolute atomic E-state index is 0.617. The van der Waals surface area contributed by atoms with Crippen LogP contribution in [0.3, 0.4) is 0 Å². The lowest BCUT2D eigenvalue weighted by molar-refractivity contribution is 0.407. The summed E-state index contributed by atoms with van der Waals surface area (Å²) in [5.41, 5.74) is 3.10. The van der Waals surface area contributed by atoms with E-state index in [0.29, 0.717) is 12.3 Å². The van der Waals surface area contributed by atoms with Gasteiger partial charge in [0, 0.05) is 23.1 Å². The Balaban J connectivity index is 1.73. The van der Waals surface area contributed by atoms with Crippen LogP contribution in [-0.4, -0.2) is 26.9 Å². The van der Waals surface area contributed by atoms with Crippen LogP contribution in [0.4, 0.5) is 0 Å². The number of hydrogen-bond acceptors (Lipinski definition) is 6. The fourth-order valence-corrected chi connectivity index (χ4v) is 3.32. The molecule has 0 amide bonds. The van der Waals surface area contributed by atoms with Crippen LogP contribution in [0.25, 0.3) is 0 Å². The molecule has 0 aliphatic rings. The Morgan fingerprint density at radius 2 is 2.22 bits per heavy atom. The number of aryl methyl sites for hydroxylation is 1. The smallest absolute Gasteiger partial charge is 0.191 e.